The molecular formula is C17H22FN3O4. The summed E-state index contributed by atoms with van der Waals surface area (Å²) in [4.78, 5) is 28.5. The molecular weight excluding hydrogens is 329 g/mol. The molecule has 1 saturated carbocycles. The lowest BCUT2D eigenvalue weighted by molar-refractivity contribution is 0.282. The minimum absolute atomic E-state index is 0.0176. The van der Waals surface area contributed by atoms with Crippen LogP contribution < -0.4 is 16.1 Å². The Balaban J connectivity index is 0.000000880. The Bertz CT molecular complexity index is 895. The number of nitrogens with one attached hydrogen (secondary N) is 1. The lowest BCUT2D eigenvalue weighted by atomic mass is 10.1. The molecule has 0 amide bonds. The van der Waals surface area contributed by atoms with Gasteiger partial charge in [0.2, 0.25) is 0 Å². The van der Waals surface area contributed by atoms with Gasteiger partial charge in [0, 0.05) is 31.8 Å². The molecule has 4 rings (SSSR count). The van der Waals surface area contributed by atoms with Crippen LogP contribution in [-0.4, -0.2) is 40.0 Å². The maximum atomic E-state index is 14.7. The normalized spacial score (nSPS) is 16.9. The number of aliphatic hydroxyl groups is 2. The Morgan fingerprint density at radius 3 is 2.44 bits per heavy atom. The Hall–Kier alpha value is -2.19. The van der Waals surface area contributed by atoms with Crippen molar-refractivity contribution in [3.63, 3.8) is 0 Å². The highest BCUT2D eigenvalue weighted by atomic mass is 19.1. The lowest BCUT2D eigenvalue weighted by Crippen LogP contribution is -2.31. The van der Waals surface area contributed by atoms with Gasteiger partial charge >= 0.3 is 5.69 Å². The number of benzene rings is 1. The highest BCUT2D eigenvalue weighted by Crippen LogP contribution is 2.39. The summed E-state index contributed by atoms with van der Waals surface area (Å²) in [5.41, 5.74) is -0.0388. The minimum Gasteiger partial charge on any atom is -0.400 e. The summed E-state index contributed by atoms with van der Waals surface area (Å²) in [6, 6.07) is 1.21. The topological polar surface area (TPSA) is 98.6 Å². The molecule has 25 heavy (non-hydrogen) atoms. The number of hydrogen-bond donors (Lipinski definition) is 3. The first-order chi connectivity index (χ1) is 12.1. The largest absolute Gasteiger partial charge is 0.400 e. The monoisotopic (exact) mass is 351 g/mol. The minimum atomic E-state index is -0.608. The van der Waals surface area contributed by atoms with Crippen LogP contribution in [0.25, 0.3) is 10.9 Å². The zero-order valence-electron chi connectivity index (χ0n) is 14.1. The summed E-state index contributed by atoms with van der Waals surface area (Å²) in [5, 5.41) is 17.0. The third kappa shape index (κ3) is 2.96. The van der Waals surface area contributed by atoms with Crippen LogP contribution in [0, 0.1) is 5.82 Å². The van der Waals surface area contributed by atoms with E-state index in [2.05, 4.69) is 4.98 Å². The predicted octanol–water partition coefficient (Wildman–Crippen LogP) is 0.865. The van der Waals surface area contributed by atoms with Crippen molar-refractivity contribution in [2.24, 2.45) is 0 Å². The highest BCUT2D eigenvalue weighted by molar-refractivity contribution is 5.87. The zero-order chi connectivity index (χ0) is 18.1. The molecule has 136 valence electrons. The number of rotatable bonds is 3. The first-order valence-electron chi connectivity index (χ1n) is 8.42. The molecule has 2 aliphatic rings. The molecule has 7 nitrogen and oxygen atoms in total. The summed E-state index contributed by atoms with van der Waals surface area (Å²) in [6.07, 6.45) is 3.63. The van der Waals surface area contributed by atoms with E-state index < -0.39 is 23.7 Å². The molecule has 1 saturated heterocycles. The van der Waals surface area contributed by atoms with Gasteiger partial charge in [0.05, 0.1) is 23.2 Å². The van der Waals surface area contributed by atoms with Gasteiger partial charge in [0.15, 0.2) is 0 Å². The van der Waals surface area contributed by atoms with E-state index in [4.69, 9.17) is 5.11 Å². The summed E-state index contributed by atoms with van der Waals surface area (Å²) < 4.78 is 16.2. The number of H-pyrrole nitrogens is 1. The van der Waals surface area contributed by atoms with E-state index in [0.717, 1.165) is 32.8 Å². The predicted molar refractivity (Wildman–Crippen MR) is 92.6 cm³/mol. The van der Waals surface area contributed by atoms with E-state index in [0.29, 0.717) is 29.9 Å². The summed E-state index contributed by atoms with van der Waals surface area (Å²) in [5.74, 6) is -0.519. The second-order valence-electron chi connectivity index (χ2n) is 6.29. The van der Waals surface area contributed by atoms with Crippen molar-refractivity contribution >= 4 is 16.6 Å². The van der Waals surface area contributed by atoms with Crippen molar-refractivity contribution in [3.8, 4) is 0 Å². The Morgan fingerprint density at radius 1 is 1.24 bits per heavy atom. The van der Waals surface area contributed by atoms with Crippen LogP contribution in [-0.2, 0) is 6.61 Å². The Morgan fingerprint density at radius 2 is 1.88 bits per heavy atom. The van der Waals surface area contributed by atoms with Gasteiger partial charge in [-0.3, -0.25) is 14.3 Å². The van der Waals surface area contributed by atoms with Gasteiger partial charge in [-0.1, -0.05) is 0 Å². The van der Waals surface area contributed by atoms with E-state index >= 15 is 0 Å². The van der Waals surface area contributed by atoms with E-state index in [1.54, 1.807) is 0 Å². The van der Waals surface area contributed by atoms with Gasteiger partial charge in [-0.15, -0.1) is 0 Å². The number of aromatic nitrogens is 2. The molecule has 0 unspecified atom stereocenters. The van der Waals surface area contributed by atoms with Crippen LogP contribution in [0.4, 0.5) is 10.1 Å². The van der Waals surface area contributed by atoms with E-state index in [1.165, 1.54) is 10.6 Å². The molecule has 0 radical (unpaired) electrons. The van der Waals surface area contributed by atoms with Crippen molar-refractivity contribution in [1.29, 1.82) is 0 Å². The Labute approximate surface area is 143 Å². The van der Waals surface area contributed by atoms with Crippen molar-refractivity contribution < 1.29 is 14.6 Å². The van der Waals surface area contributed by atoms with Crippen LogP contribution >= 0.6 is 0 Å². The van der Waals surface area contributed by atoms with E-state index in [9.17, 15) is 19.1 Å². The molecule has 8 heteroatoms. The second kappa shape index (κ2) is 6.97. The quantitative estimate of drug-likeness (QED) is 0.762. The number of halogens is 1. The molecule has 2 heterocycles. The first kappa shape index (κ1) is 17.6. The molecule has 1 aromatic carbocycles. The standard InChI is InChI=1S/C16H18FN3O3.CH4O/c17-12-7-10-13(11(8-21)14(12)19-5-1-2-6-19)20(9-3-4-9)16(23)18-15(10)22;1-2/h7,9,21H,1-6,8H2,(H,18,22,23);2H,1H3. The summed E-state index contributed by atoms with van der Waals surface area (Å²) >= 11 is 0. The third-order valence-electron chi connectivity index (χ3n) is 4.74. The molecule has 0 spiro atoms. The van der Waals surface area contributed by atoms with Crippen molar-refractivity contribution in [2.45, 2.75) is 38.3 Å². The maximum Gasteiger partial charge on any atom is 0.329 e. The van der Waals surface area contributed by atoms with Crippen LogP contribution in [0.3, 0.4) is 0 Å². The number of anilines is 1. The summed E-state index contributed by atoms with van der Waals surface area (Å²) in [7, 11) is 1.00. The zero-order valence-corrected chi connectivity index (χ0v) is 14.1. The van der Waals surface area contributed by atoms with Crippen LogP contribution in [0.1, 0.15) is 37.3 Å². The molecule has 1 aliphatic carbocycles. The van der Waals surface area contributed by atoms with Crippen LogP contribution in [0.15, 0.2) is 15.7 Å². The molecule has 0 atom stereocenters. The number of aromatic amines is 1. The van der Waals surface area contributed by atoms with Gasteiger partial charge in [-0.05, 0) is 31.7 Å². The number of aliphatic hydroxyl groups excluding tert-OH is 2. The van der Waals surface area contributed by atoms with Gasteiger partial charge < -0.3 is 15.1 Å². The van der Waals surface area contributed by atoms with E-state index in [1.807, 2.05) is 4.90 Å². The number of nitrogens with zero attached hydrogens (tertiary/aromatic N) is 2. The molecule has 1 aliphatic heterocycles. The fourth-order valence-electron chi connectivity index (χ4n) is 3.57. The van der Waals surface area contributed by atoms with Crippen molar-refractivity contribution in [2.75, 3.05) is 25.1 Å². The molecule has 2 fully saturated rings. The molecule has 1 aromatic heterocycles. The first-order valence-corrected chi connectivity index (χ1v) is 8.42. The second-order valence-corrected chi connectivity index (χ2v) is 6.29. The Kier molecular flexibility index (Phi) is 4.91. The SMILES string of the molecule is CO.O=c1[nH]c(=O)n(C2CC2)c2c(CO)c(N3CCCC3)c(F)cc12. The molecule has 0 bridgehead atoms. The number of hydrogen-bond acceptors (Lipinski definition) is 5. The van der Waals surface area contributed by atoms with Crippen LogP contribution in [0.2, 0.25) is 0 Å². The number of fused-ring (bicyclic) bond motifs is 1. The maximum absolute atomic E-state index is 14.7. The fraction of sp³-hybridized carbons (Fsp3) is 0.529. The van der Waals surface area contributed by atoms with Gasteiger partial charge in [-0.2, -0.15) is 0 Å². The van der Waals surface area contributed by atoms with Gasteiger partial charge in [0.25, 0.3) is 5.56 Å². The van der Waals surface area contributed by atoms with Gasteiger partial charge in [-0.25, -0.2) is 9.18 Å². The van der Waals surface area contributed by atoms with Crippen LogP contribution in [0.5, 0.6) is 0 Å². The molecule has 2 aromatic rings. The average molecular weight is 351 g/mol. The van der Waals surface area contributed by atoms with E-state index in [-0.39, 0.29) is 11.4 Å². The smallest absolute Gasteiger partial charge is 0.329 e. The van der Waals surface area contributed by atoms with Crippen molar-refractivity contribution in [1.82, 2.24) is 9.55 Å². The van der Waals surface area contributed by atoms with Crippen molar-refractivity contribution in [3.05, 3.63) is 38.3 Å². The average Bonchev–Trinajstić information content (AvgIpc) is 3.30. The van der Waals surface area contributed by atoms with Gasteiger partial charge in [0.1, 0.15) is 5.82 Å². The highest BCUT2D eigenvalue weighted by Gasteiger charge is 2.30. The lowest BCUT2D eigenvalue weighted by Gasteiger charge is -2.24. The molecule has 3 N–H and O–H groups in total. The fourth-order valence-corrected chi connectivity index (χ4v) is 3.57. The summed E-state index contributed by atoms with van der Waals surface area (Å²) in [6.45, 7) is 1.02. The third-order valence-corrected chi connectivity index (χ3v) is 4.74.